The van der Waals surface area contributed by atoms with Gasteiger partial charge < -0.3 is 0 Å². The van der Waals surface area contributed by atoms with E-state index >= 15 is 0 Å². The van der Waals surface area contributed by atoms with Crippen LogP contribution in [0.15, 0.2) is 42.0 Å². The Kier molecular flexibility index (Phi) is 4.01. The Balaban J connectivity index is 1.90. The first-order chi connectivity index (χ1) is 8.25. The predicted molar refractivity (Wildman–Crippen MR) is 69.2 cm³/mol. The van der Waals surface area contributed by atoms with Crippen LogP contribution in [0.1, 0.15) is 15.2 Å². The Hall–Kier alpha value is -1.52. The van der Waals surface area contributed by atoms with Crippen molar-refractivity contribution in [1.82, 2.24) is 9.88 Å². The maximum atomic E-state index is 11.9. The summed E-state index contributed by atoms with van der Waals surface area (Å²) >= 11 is 1.49. The molecule has 0 aliphatic carbocycles. The lowest BCUT2D eigenvalue weighted by molar-refractivity contribution is 0.0947. The van der Waals surface area contributed by atoms with E-state index in [1.807, 2.05) is 41.6 Å². The number of Topliss-reactive ketones (excluding diaryl/α,β-unsaturated/α-hetero) is 1. The van der Waals surface area contributed by atoms with Gasteiger partial charge in [0.05, 0.1) is 11.4 Å². The van der Waals surface area contributed by atoms with E-state index < -0.39 is 0 Å². The smallest absolute Gasteiger partial charge is 0.186 e. The van der Waals surface area contributed by atoms with Crippen LogP contribution in [-0.4, -0.2) is 29.3 Å². The molecule has 0 fully saturated rings. The third-order valence-electron chi connectivity index (χ3n) is 2.41. The topological polar surface area (TPSA) is 33.2 Å². The molecule has 0 N–H and O–H groups in total. The minimum atomic E-state index is 0.177. The molecule has 2 heterocycles. The largest absolute Gasteiger partial charge is 0.295 e. The lowest BCUT2D eigenvalue weighted by atomic mass is 10.2. The first-order valence-electron chi connectivity index (χ1n) is 5.40. The van der Waals surface area contributed by atoms with Crippen LogP contribution in [0.5, 0.6) is 0 Å². The summed E-state index contributed by atoms with van der Waals surface area (Å²) in [5, 5.41) is 1.93. The minimum Gasteiger partial charge on any atom is -0.295 e. The number of aromatic nitrogens is 1. The molecule has 2 aromatic heterocycles. The third-order valence-corrected chi connectivity index (χ3v) is 3.32. The number of hydrogen-bond acceptors (Lipinski definition) is 4. The summed E-state index contributed by atoms with van der Waals surface area (Å²) in [4.78, 5) is 18.7. The molecule has 0 bridgehead atoms. The van der Waals surface area contributed by atoms with Gasteiger partial charge in [-0.05, 0) is 36.2 Å². The Morgan fingerprint density at radius 3 is 2.76 bits per heavy atom. The Bertz CT molecular complexity index is 467. The SMILES string of the molecule is CN(CC(=O)c1cccs1)Cc1ccncc1. The number of ketones is 1. The number of hydrogen-bond donors (Lipinski definition) is 0. The zero-order chi connectivity index (χ0) is 12.1. The number of carbonyl (C=O) groups is 1. The molecule has 2 rings (SSSR count). The normalized spacial score (nSPS) is 10.7. The average Bonchev–Trinajstić information content (AvgIpc) is 2.83. The van der Waals surface area contributed by atoms with Crippen molar-refractivity contribution < 1.29 is 4.79 Å². The van der Waals surface area contributed by atoms with E-state index in [-0.39, 0.29) is 5.78 Å². The van der Waals surface area contributed by atoms with Crippen LogP contribution in [0.2, 0.25) is 0 Å². The number of pyridine rings is 1. The Labute approximate surface area is 105 Å². The fraction of sp³-hybridized carbons (Fsp3) is 0.231. The van der Waals surface area contributed by atoms with E-state index in [2.05, 4.69) is 4.98 Å². The minimum absolute atomic E-state index is 0.177. The first-order valence-corrected chi connectivity index (χ1v) is 6.28. The van der Waals surface area contributed by atoms with Crippen molar-refractivity contribution in [1.29, 1.82) is 0 Å². The van der Waals surface area contributed by atoms with Crippen molar-refractivity contribution in [3.8, 4) is 0 Å². The molecule has 3 nitrogen and oxygen atoms in total. The highest BCUT2D eigenvalue weighted by molar-refractivity contribution is 7.12. The molecule has 0 aromatic carbocycles. The van der Waals surface area contributed by atoms with Crippen molar-refractivity contribution in [3.05, 3.63) is 52.5 Å². The highest BCUT2D eigenvalue weighted by atomic mass is 32.1. The Morgan fingerprint density at radius 1 is 1.35 bits per heavy atom. The lowest BCUT2D eigenvalue weighted by Crippen LogP contribution is -2.25. The average molecular weight is 246 g/mol. The lowest BCUT2D eigenvalue weighted by Gasteiger charge is -2.14. The van der Waals surface area contributed by atoms with Gasteiger partial charge in [-0.3, -0.25) is 14.7 Å². The molecular weight excluding hydrogens is 232 g/mol. The number of likely N-dealkylation sites (N-methyl/N-ethyl adjacent to an activating group) is 1. The summed E-state index contributed by atoms with van der Waals surface area (Å²) in [6.45, 7) is 1.21. The quantitative estimate of drug-likeness (QED) is 0.760. The van der Waals surface area contributed by atoms with Gasteiger partial charge in [-0.1, -0.05) is 6.07 Å². The van der Waals surface area contributed by atoms with Crippen LogP contribution in [0.4, 0.5) is 0 Å². The number of carbonyl (C=O) groups excluding carboxylic acids is 1. The van der Waals surface area contributed by atoms with Crippen molar-refractivity contribution in [2.45, 2.75) is 6.54 Å². The number of nitrogens with zero attached hydrogens (tertiary/aromatic N) is 2. The summed E-state index contributed by atoms with van der Waals surface area (Å²) in [5.41, 5.74) is 1.17. The molecule has 17 heavy (non-hydrogen) atoms. The number of rotatable bonds is 5. The molecule has 0 radical (unpaired) electrons. The van der Waals surface area contributed by atoms with E-state index in [9.17, 15) is 4.79 Å². The maximum absolute atomic E-state index is 11.9. The van der Waals surface area contributed by atoms with Gasteiger partial charge in [0.15, 0.2) is 5.78 Å². The molecule has 4 heteroatoms. The Morgan fingerprint density at radius 2 is 2.12 bits per heavy atom. The molecule has 0 unspecified atom stereocenters. The monoisotopic (exact) mass is 246 g/mol. The van der Waals surface area contributed by atoms with Crippen molar-refractivity contribution in [3.63, 3.8) is 0 Å². The van der Waals surface area contributed by atoms with Crippen LogP contribution >= 0.6 is 11.3 Å². The summed E-state index contributed by atoms with van der Waals surface area (Å²) < 4.78 is 0. The first kappa shape index (κ1) is 12.0. The second-order valence-electron chi connectivity index (χ2n) is 3.93. The number of thiophene rings is 1. The van der Waals surface area contributed by atoms with Crippen molar-refractivity contribution in [2.75, 3.05) is 13.6 Å². The molecule has 2 aromatic rings. The van der Waals surface area contributed by atoms with E-state index in [1.165, 1.54) is 16.9 Å². The standard InChI is InChI=1S/C13H14N2OS/c1-15(9-11-4-6-14-7-5-11)10-12(16)13-3-2-8-17-13/h2-8H,9-10H2,1H3. The molecular formula is C13H14N2OS. The summed E-state index contributed by atoms with van der Waals surface area (Å²) in [6, 6.07) is 7.70. The molecule has 0 saturated heterocycles. The van der Waals surface area contributed by atoms with Crippen LogP contribution in [0, 0.1) is 0 Å². The van der Waals surface area contributed by atoms with Gasteiger partial charge in [0, 0.05) is 18.9 Å². The second kappa shape index (κ2) is 5.70. The zero-order valence-electron chi connectivity index (χ0n) is 9.67. The van der Waals surface area contributed by atoms with Gasteiger partial charge in [-0.15, -0.1) is 11.3 Å². The van der Waals surface area contributed by atoms with Crippen molar-refractivity contribution >= 4 is 17.1 Å². The molecule has 0 amide bonds. The van der Waals surface area contributed by atoms with Crippen LogP contribution < -0.4 is 0 Å². The third kappa shape index (κ3) is 3.47. The highest BCUT2D eigenvalue weighted by Crippen LogP contribution is 2.10. The fourth-order valence-electron chi connectivity index (χ4n) is 1.62. The molecule has 0 atom stereocenters. The van der Waals surface area contributed by atoms with Crippen molar-refractivity contribution in [2.24, 2.45) is 0 Å². The molecule has 0 saturated carbocycles. The maximum Gasteiger partial charge on any atom is 0.186 e. The van der Waals surface area contributed by atoms with Gasteiger partial charge in [-0.2, -0.15) is 0 Å². The molecule has 0 spiro atoms. The molecule has 88 valence electrons. The summed E-state index contributed by atoms with van der Waals surface area (Å²) in [7, 11) is 1.95. The summed E-state index contributed by atoms with van der Waals surface area (Å²) in [6.07, 6.45) is 3.54. The van der Waals surface area contributed by atoms with Gasteiger partial charge in [0.25, 0.3) is 0 Å². The van der Waals surface area contributed by atoms with Gasteiger partial charge in [0.2, 0.25) is 0 Å². The second-order valence-corrected chi connectivity index (χ2v) is 4.88. The zero-order valence-corrected chi connectivity index (χ0v) is 10.5. The predicted octanol–water partition coefficient (Wildman–Crippen LogP) is 2.46. The molecule has 0 aliphatic heterocycles. The van der Waals surface area contributed by atoms with Crippen LogP contribution in [0.3, 0.4) is 0 Å². The summed E-state index contributed by atoms with van der Waals surface area (Å²) in [5.74, 6) is 0.177. The van der Waals surface area contributed by atoms with Gasteiger partial charge in [0.1, 0.15) is 0 Å². The van der Waals surface area contributed by atoms with E-state index in [0.717, 1.165) is 11.4 Å². The highest BCUT2D eigenvalue weighted by Gasteiger charge is 2.10. The van der Waals surface area contributed by atoms with E-state index in [0.29, 0.717) is 6.54 Å². The van der Waals surface area contributed by atoms with Gasteiger partial charge in [-0.25, -0.2) is 0 Å². The fourth-order valence-corrected chi connectivity index (χ4v) is 2.27. The van der Waals surface area contributed by atoms with Crippen LogP contribution in [-0.2, 0) is 6.54 Å². The van der Waals surface area contributed by atoms with E-state index in [1.54, 1.807) is 12.4 Å². The van der Waals surface area contributed by atoms with Gasteiger partial charge >= 0.3 is 0 Å². The van der Waals surface area contributed by atoms with Crippen LogP contribution in [0.25, 0.3) is 0 Å². The van der Waals surface area contributed by atoms with E-state index in [4.69, 9.17) is 0 Å². The molecule has 0 aliphatic rings.